The molecule has 1 fully saturated rings. The van der Waals surface area contributed by atoms with Crippen LogP contribution in [0.3, 0.4) is 0 Å². The number of halogens is 1. The highest BCUT2D eigenvalue weighted by atomic mass is 32.2. The Hall–Kier alpha value is -2.81. The van der Waals surface area contributed by atoms with E-state index in [4.69, 9.17) is 0 Å². The molecule has 0 radical (unpaired) electrons. The molecule has 1 aromatic carbocycles. The highest BCUT2D eigenvalue weighted by molar-refractivity contribution is 7.91. The van der Waals surface area contributed by atoms with Crippen LogP contribution in [0.25, 0.3) is 0 Å². The predicted molar refractivity (Wildman–Crippen MR) is 132 cm³/mol. The first-order valence-corrected chi connectivity index (χ1v) is 15.3. The van der Waals surface area contributed by atoms with E-state index in [9.17, 15) is 31.1 Å². The van der Waals surface area contributed by atoms with Crippen molar-refractivity contribution in [3.63, 3.8) is 0 Å². The van der Waals surface area contributed by atoms with Crippen molar-refractivity contribution in [3.8, 4) is 0 Å². The minimum Gasteiger partial charge on any atom is -0.511 e. The maximum Gasteiger partial charge on any atom is 0.287 e. The number of hydrogen-bond acceptors (Lipinski definition) is 8. The van der Waals surface area contributed by atoms with Crippen LogP contribution in [0.4, 0.5) is 9.39 Å². The number of thiophene rings is 1. The van der Waals surface area contributed by atoms with Crippen LogP contribution < -0.4 is 10.0 Å². The van der Waals surface area contributed by atoms with Crippen LogP contribution in [0.15, 0.2) is 50.3 Å². The molecule has 2 aliphatic heterocycles. The van der Waals surface area contributed by atoms with Crippen molar-refractivity contribution < 1.29 is 31.1 Å². The van der Waals surface area contributed by atoms with E-state index in [0.717, 1.165) is 30.4 Å². The van der Waals surface area contributed by atoms with Crippen molar-refractivity contribution >= 4 is 48.1 Å². The number of sulfonamides is 2. The van der Waals surface area contributed by atoms with Crippen molar-refractivity contribution in [1.82, 2.24) is 9.62 Å². The minimum absolute atomic E-state index is 0.147. The molecule has 0 bridgehead atoms. The van der Waals surface area contributed by atoms with E-state index >= 15 is 0 Å². The molecule has 36 heavy (non-hydrogen) atoms. The van der Waals surface area contributed by atoms with Crippen LogP contribution in [0, 0.1) is 11.7 Å². The van der Waals surface area contributed by atoms with Gasteiger partial charge in [-0.25, -0.2) is 17.5 Å². The second-order valence-corrected chi connectivity index (χ2v) is 13.3. The van der Waals surface area contributed by atoms with Crippen LogP contribution in [0.2, 0.25) is 0 Å². The van der Waals surface area contributed by atoms with Gasteiger partial charge in [-0.3, -0.25) is 4.79 Å². The molecule has 3 heterocycles. The predicted octanol–water partition coefficient (Wildman–Crippen LogP) is 2.47. The maximum atomic E-state index is 13.6. The summed E-state index contributed by atoms with van der Waals surface area (Å²) in [6.07, 6.45) is 2.94. The Labute approximate surface area is 211 Å². The number of anilines is 1. The standard InChI is InChI=1S/C22H23FN4O6S3/c1-35(30,31)24-9-14-11-34-21-19(14)36(32,33)26-20(25-21)18-17(28)8-16(13-4-5-13)27(22(18)29)10-12-2-6-15(23)7-3-12/h2-3,6-7,11,13,16,24,28H,4-5,8-10H2,1H3,(H,25,26). The van der Waals surface area contributed by atoms with Crippen LogP contribution in [0.5, 0.6) is 0 Å². The topological polar surface area (TPSA) is 145 Å². The molecular formula is C22H23FN4O6S3. The SMILES string of the molecule is CS(=O)(=O)NCc1csc2c1S(=O)(=O)N=C(C1=C(O)CC(C3CC3)N(Cc3ccc(F)cc3)C1=O)N2. The number of carbonyl (C=O) groups is 1. The molecule has 14 heteroatoms. The van der Waals surface area contributed by atoms with Gasteiger partial charge in [0.15, 0.2) is 5.84 Å². The summed E-state index contributed by atoms with van der Waals surface area (Å²) in [5.41, 5.74) is 0.689. The average molecular weight is 555 g/mol. The fraction of sp³-hybridized carbons (Fsp3) is 0.364. The molecule has 1 aromatic heterocycles. The molecule has 1 atom stereocenters. The molecule has 1 amide bonds. The van der Waals surface area contributed by atoms with E-state index < -0.39 is 31.8 Å². The van der Waals surface area contributed by atoms with E-state index in [0.29, 0.717) is 5.56 Å². The summed E-state index contributed by atoms with van der Waals surface area (Å²) in [6, 6.07) is 5.50. The molecule has 0 spiro atoms. The van der Waals surface area contributed by atoms with E-state index in [1.807, 2.05) is 0 Å². The lowest BCUT2D eigenvalue weighted by atomic mass is 9.95. The van der Waals surface area contributed by atoms with E-state index in [-0.39, 0.29) is 64.1 Å². The summed E-state index contributed by atoms with van der Waals surface area (Å²) >= 11 is 1.02. The van der Waals surface area contributed by atoms with Gasteiger partial charge in [0.1, 0.15) is 27.0 Å². The highest BCUT2D eigenvalue weighted by Crippen LogP contribution is 2.43. The molecule has 2 aromatic rings. The zero-order valence-electron chi connectivity index (χ0n) is 19.1. The Morgan fingerprint density at radius 1 is 1.28 bits per heavy atom. The normalized spacial score (nSPS) is 21.7. The van der Waals surface area contributed by atoms with E-state index in [1.165, 1.54) is 17.5 Å². The molecule has 0 saturated heterocycles. The quantitative estimate of drug-likeness (QED) is 0.477. The van der Waals surface area contributed by atoms with Crippen LogP contribution >= 0.6 is 11.3 Å². The van der Waals surface area contributed by atoms with Gasteiger partial charge >= 0.3 is 0 Å². The molecule has 3 aliphatic rings. The van der Waals surface area contributed by atoms with Crippen molar-refractivity contribution in [1.29, 1.82) is 0 Å². The van der Waals surface area contributed by atoms with Gasteiger partial charge in [-0.2, -0.15) is 8.42 Å². The number of nitrogens with one attached hydrogen (secondary N) is 2. The number of nitrogens with zero attached hydrogens (tertiary/aromatic N) is 2. The summed E-state index contributed by atoms with van der Waals surface area (Å²) < 4.78 is 68.5. The third-order valence-electron chi connectivity index (χ3n) is 6.28. The second kappa shape index (κ2) is 8.94. The molecule has 1 unspecified atom stereocenters. The maximum absolute atomic E-state index is 13.6. The summed E-state index contributed by atoms with van der Waals surface area (Å²) in [7, 11) is -7.85. The van der Waals surface area contributed by atoms with Crippen molar-refractivity contribution in [2.45, 2.75) is 43.3 Å². The third-order valence-corrected chi connectivity index (χ3v) is 9.43. The summed E-state index contributed by atoms with van der Waals surface area (Å²) in [4.78, 5) is 15.0. The molecule has 5 rings (SSSR count). The monoisotopic (exact) mass is 554 g/mol. The molecule has 1 aliphatic carbocycles. The Bertz CT molecular complexity index is 1510. The molecule has 3 N–H and O–H groups in total. The fourth-order valence-electron chi connectivity index (χ4n) is 4.43. The van der Waals surface area contributed by atoms with Gasteiger partial charge in [-0.05, 0) is 41.8 Å². The molecular weight excluding hydrogens is 531 g/mol. The van der Waals surface area contributed by atoms with Crippen molar-refractivity contribution in [3.05, 3.63) is 57.9 Å². The van der Waals surface area contributed by atoms with Gasteiger partial charge < -0.3 is 15.3 Å². The number of aliphatic hydroxyl groups is 1. The van der Waals surface area contributed by atoms with Gasteiger partial charge in [0.25, 0.3) is 15.9 Å². The fourth-order valence-corrected chi connectivity index (χ4v) is 7.45. The zero-order valence-corrected chi connectivity index (χ0v) is 21.5. The summed E-state index contributed by atoms with van der Waals surface area (Å²) in [5.74, 6) is -1.28. The van der Waals surface area contributed by atoms with Crippen molar-refractivity contribution in [2.24, 2.45) is 10.3 Å². The minimum atomic E-state index is -4.30. The number of carbonyl (C=O) groups excluding carboxylic acids is 1. The van der Waals surface area contributed by atoms with Crippen LogP contribution in [-0.2, 0) is 37.9 Å². The number of benzene rings is 1. The Morgan fingerprint density at radius 3 is 2.61 bits per heavy atom. The molecule has 1 saturated carbocycles. The Balaban J connectivity index is 1.48. The lowest BCUT2D eigenvalue weighted by Crippen LogP contribution is -2.48. The van der Waals surface area contributed by atoms with Gasteiger partial charge in [-0.15, -0.1) is 15.7 Å². The number of hydrogen-bond donors (Lipinski definition) is 3. The first-order chi connectivity index (χ1) is 16.9. The Kier molecular flexibility index (Phi) is 6.17. The van der Waals surface area contributed by atoms with Gasteiger partial charge in [0.05, 0.1) is 6.26 Å². The first-order valence-electron chi connectivity index (χ1n) is 11.1. The first kappa shape index (κ1) is 24.9. The number of amidine groups is 1. The number of rotatable bonds is 7. The lowest BCUT2D eigenvalue weighted by molar-refractivity contribution is -0.131. The van der Waals surface area contributed by atoms with Crippen molar-refractivity contribution in [2.75, 3.05) is 11.6 Å². The number of aliphatic hydroxyl groups excluding tert-OH is 1. The molecule has 10 nitrogen and oxygen atoms in total. The Morgan fingerprint density at radius 2 is 1.97 bits per heavy atom. The largest absolute Gasteiger partial charge is 0.511 e. The lowest BCUT2D eigenvalue weighted by Gasteiger charge is -2.37. The third kappa shape index (κ3) is 4.90. The average Bonchev–Trinajstić information content (AvgIpc) is 3.54. The van der Waals surface area contributed by atoms with E-state index in [2.05, 4.69) is 14.4 Å². The summed E-state index contributed by atoms with van der Waals surface area (Å²) in [5, 5.41) is 15.4. The van der Waals surface area contributed by atoms with Crippen LogP contribution in [0.1, 0.15) is 30.4 Å². The summed E-state index contributed by atoms with van der Waals surface area (Å²) in [6.45, 7) is -0.0690. The number of fused-ring (bicyclic) bond motifs is 1. The van der Waals surface area contributed by atoms with E-state index in [1.54, 1.807) is 17.0 Å². The molecule has 192 valence electrons. The van der Waals surface area contributed by atoms with Gasteiger partial charge in [0.2, 0.25) is 10.0 Å². The van der Waals surface area contributed by atoms with Gasteiger partial charge in [-0.1, -0.05) is 12.1 Å². The number of amides is 1. The van der Waals surface area contributed by atoms with Crippen LogP contribution in [-0.4, -0.2) is 50.9 Å². The highest BCUT2D eigenvalue weighted by Gasteiger charge is 2.45. The second-order valence-electron chi connectivity index (χ2n) is 9.04. The zero-order chi connectivity index (χ0) is 25.8. The smallest absolute Gasteiger partial charge is 0.287 e. The van der Waals surface area contributed by atoms with Gasteiger partial charge in [0, 0.05) is 31.1 Å².